The normalized spacial score (nSPS) is 11.5. The number of benzene rings is 2. The van der Waals surface area contributed by atoms with Gasteiger partial charge in [-0.15, -0.1) is 0 Å². The Morgan fingerprint density at radius 1 is 0.857 bits per heavy atom. The Bertz CT molecular complexity index is 815. The highest BCUT2D eigenvalue weighted by Gasteiger charge is 2.30. The predicted octanol–water partition coefficient (Wildman–Crippen LogP) is 4.46. The molecule has 0 aliphatic heterocycles. The zero-order chi connectivity index (χ0) is 20.6. The standard InChI is InChI=1S/C22H24O6/c1-4-26-22(3,27-5-2)28-21(25)19-14-10-17(11-15-19)7-6-16-8-12-18(13-9-16)20(23)24/h6-15H,4-5H2,1-3H3,(H,23,24). The van der Waals surface area contributed by atoms with Crippen LogP contribution in [0.3, 0.4) is 0 Å². The van der Waals surface area contributed by atoms with Gasteiger partial charge in [-0.3, -0.25) is 0 Å². The Morgan fingerprint density at radius 3 is 1.68 bits per heavy atom. The Labute approximate surface area is 164 Å². The highest BCUT2D eigenvalue weighted by Crippen LogP contribution is 2.18. The second-order valence-corrected chi connectivity index (χ2v) is 6.00. The van der Waals surface area contributed by atoms with Gasteiger partial charge in [0, 0.05) is 6.92 Å². The van der Waals surface area contributed by atoms with Gasteiger partial charge < -0.3 is 19.3 Å². The van der Waals surface area contributed by atoms with Crippen LogP contribution in [0.1, 0.15) is 52.6 Å². The molecule has 0 aliphatic rings. The van der Waals surface area contributed by atoms with Crippen molar-refractivity contribution in [2.75, 3.05) is 13.2 Å². The molecule has 0 saturated carbocycles. The van der Waals surface area contributed by atoms with Gasteiger partial charge in [0.2, 0.25) is 0 Å². The molecule has 0 fully saturated rings. The number of aromatic carboxylic acids is 1. The van der Waals surface area contributed by atoms with E-state index in [0.717, 1.165) is 11.1 Å². The number of carboxylic acid groups (broad SMARTS) is 1. The van der Waals surface area contributed by atoms with E-state index in [2.05, 4.69) is 0 Å². The van der Waals surface area contributed by atoms with E-state index in [1.54, 1.807) is 69.3 Å². The van der Waals surface area contributed by atoms with Gasteiger partial charge in [-0.1, -0.05) is 36.4 Å². The van der Waals surface area contributed by atoms with Gasteiger partial charge in [0.05, 0.1) is 24.3 Å². The van der Waals surface area contributed by atoms with Crippen LogP contribution in [0.2, 0.25) is 0 Å². The molecule has 0 aromatic heterocycles. The molecule has 0 saturated heterocycles. The largest absolute Gasteiger partial charge is 0.478 e. The number of ether oxygens (including phenoxy) is 3. The van der Waals surface area contributed by atoms with Gasteiger partial charge in [-0.2, -0.15) is 0 Å². The van der Waals surface area contributed by atoms with Crippen LogP contribution in [0.4, 0.5) is 0 Å². The lowest BCUT2D eigenvalue weighted by molar-refractivity contribution is -0.341. The quantitative estimate of drug-likeness (QED) is 0.390. The summed E-state index contributed by atoms with van der Waals surface area (Å²) in [4.78, 5) is 23.2. The lowest BCUT2D eigenvalue weighted by Gasteiger charge is -2.28. The second-order valence-electron chi connectivity index (χ2n) is 6.00. The minimum atomic E-state index is -1.42. The lowest BCUT2D eigenvalue weighted by atomic mass is 10.1. The Balaban J connectivity index is 2.03. The molecular formula is C22H24O6. The highest BCUT2D eigenvalue weighted by molar-refractivity contribution is 5.90. The fraction of sp³-hybridized carbons (Fsp3) is 0.273. The molecule has 0 atom stereocenters. The summed E-state index contributed by atoms with van der Waals surface area (Å²) < 4.78 is 16.1. The molecule has 6 nitrogen and oxygen atoms in total. The van der Waals surface area contributed by atoms with Gasteiger partial charge in [0.15, 0.2) is 0 Å². The molecule has 0 aliphatic carbocycles. The van der Waals surface area contributed by atoms with Crippen molar-refractivity contribution >= 4 is 24.1 Å². The first kappa shape index (κ1) is 21.3. The lowest BCUT2D eigenvalue weighted by Crippen LogP contribution is -2.38. The van der Waals surface area contributed by atoms with Crippen LogP contribution in [0.25, 0.3) is 12.2 Å². The van der Waals surface area contributed by atoms with Crippen molar-refractivity contribution in [3.8, 4) is 0 Å². The molecule has 2 aromatic rings. The van der Waals surface area contributed by atoms with Crippen molar-refractivity contribution in [1.82, 2.24) is 0 Å². The fourth-order valence-electron chi connectivity index (χ4n) is 2.51. The van der Waals surface area contributed by atoms with Gasteiger partial charge in [0.1, 0.15) is 0 Å². The van der Waals surface area contributed by atoms with Gasteiger partial charge in [-0.25, -0.2) is 9.59 Å². The SMILES string of the molecule is CCOC(C)(OCC)OC(=O)c1ccc(C=Cc2ccc(C(=O)O)cc2)cc1. The molecule has 0 bridgehead atoms. The zero-order valence-corrected chi connectivity index (χ0v) is 16.2. The smallest absolute Gasteiger partial charge is 0.342 e. The fourth-order valence-corrected chi connectivity index (χ4v) is 2.51. The molecule has 0 unspecified atom stereocenters. The number of carbonyl (C=O) groups is 2. The van der Waals surface area contributed by atoms with Crippen LogP contribution < -0.4 is 0 Å². The van der Waals surface area contributed by atoms with Gasteiger partial charge in [-0.05, 0) is 49.2 Å². The summed E-state index contributed by atoms with van der Waals surface area (Å²) in [6.07, 6.45) is 3.73. The van der Waals surface area contributed by atoms with E-state index in [1.165, 1.54) is 0 Å². The van der Waals surface area contributed by atoms with Crippen molar-refractivity contribution < 1.29 is 28.9 Å². The summed E-state index contributed by atoms with van der Waals surface area (Å²) in [6.45, 7) is 5.84. The van der Waals surface area contributed by atoms with E-state index >= 15 is 0 Å². The molecule has 1 N–H and O–H groups in total. The predicted molar refractivity (Wildman–Crippen MR) is 106 cm³/mol. The van der Waals surface area contributed by atoms with Crippen molar-refractivity contribution in [1.29, 1.82) is 0 Å². The minimum Gasteiger partial charge on any atom is -0.478 e. The number of hydrogen-bond donors (Lipinski definition) is 1. The topological polar surface area (TPSA) is 82.1 Å². The molecule has 0 spiro atoms. The van der Waals surface area contributed by atoms with Crippen LogP contribution in [0, 0.1) is 0 Å². The van der Waals surface area contributed by atoms with Crippen LogP contribution in [0.15, 0.2) is 48.5 Å². The third-order valence-corrected chi connectivity index (χ3v) is 3.86. The first-order valence-corrected chi connectivity index (χ1v) is 8.99. The first-order chi connectivity index (χ1) is 13.4. The molecule has 0 radical (unpaired) electrons. The summed E-state index contributed by atoms with van der Waals surface area (Å²) in [5.41, 5.74) is 2.38. The molecule has 28 heavy (non-hydrogen) atoms. The van der Waals surface area contributed by atoms with Crippen LogP contribution >= 0.6 is 0 Å². The average molecular weight is 384 g/mol. The summed E-state index contributed by atoms with van der Waals surface area (Å²) in [5.74, 6) is -2.91. The summed E-state index contributed by atoms with van der Waals surface area (Å²) in [7, 11) is 0. The van der Waals surface area contributed by atoms with Crippen LogP contribution in [-0.2, 0) is 14.2 Å². The van der Waals surface area contributed by atoms with Crippen LogP contribution in [0.5, 0.6) is 0 Å². The number of carboxylic acids is 1. The van der Waals surface area contributed by atoms with E-state index in [4.69, 9.17) is 19.3 Å². The number of carbonyl (C=O) groups excluding carboxylic acids is 1. The van der Waals surface area contributed by atoms with Crippen LogP contribution in [-0.4, -0.2) is 36.2 Å². The van der Waals surface area contributed by atoms with E-state index in [9.17, 15) is 9.59 Å². The third kappa shape index (κ3) is 6.04. The Kier molecular flexibility index (Phi) is 7.49. The average Bonchev–Trinajstić information content (AvgIpc) is 2.67. The summed E-state index contributed by atoms with van der Waals surface area (Å²) in [5, 5.41) is 8.91. The van der Waals surface area contributed by atoms with E-state index in [1.807, 2.05) is 12.2 Å². The van der Waals surface area contributed by atoms with Crippen molar-refractivity contribution in [3.63, 3.8) is 0 Å². The number of rotatable bonds is 9. The maximum Gasteiger partial charge on any atom is 0.342 e. The van der Waals surface area contributed by atoms with E-state index in [0.29, 0.717) is 18.8 Å². The van der Waals surface area contributed by atoms with Crippen molar-refractivity contribution in [2.45, 2.75) is 26.7 Å². The monoisotopic (exact) mass is 384 g/mol. The Hall–Kier alpha value is -2.96. The molecular weight excluding hydrogens is 360 g/mol. The molecule has 2 rings (SSSR count). The van der Waals surface area contributed by atoms with Gasteiger partial charge in [0.25, 0.3) is 0 Å². The molecule has 6 heteroatoms. The van der Waals surface area contributed by atoms with E-state index < -0.39 is 17.9 Å². The first-order valence-electron chi connectivity index (χ1n) is 8.99. The van der Waals surface area contributed by atoms with Gasteiger partial charge >= 0.3 is 17.9 Å². The second kappa shape index (κ2) is 9.82. The molecule has 0 amide bonds. The molecule has 0 heterocycles. The highest BCUT2D eigenvalue weighted by atomic mass is 16.9. The Morgan fingerprint density at radius 2 is 1.29 bits per heavy atom. The minimum absolute atomic E-state index is 0.242. The molecule has 148 valence electrons. The summed E-state index contributed by atoms with van der Waals surface area (Å²) >= 11 is 0. The van der Waals surface area contributed by atoms with E-state index in [-0.39, 0.29) is 5.56 Å². The third-order valence-electron chi connectivity index (χ3n) is 3.86. The summed E-state index contributed by atoms with van der Waals surface area (Å²) in [6, 6.07) is 13.5. The van der Waals surface area contributed by atoms with Crippen molar-refractivity contribution in [2.24, 2.45) is 0 Å². The maximum absolute atomic E-state index is 12.3. The number of esters is 1. The maximum atomic E-state index is 12.3. The molecule has 2 aromatic carbocycles. The van der Waals surface area contributed by atoms with Crippen molar-refractivity contribution in [3.05, 3.63) is 70.8 Å². The number of hydrogen-bond acceptors (Lipinski definition) is 5. The zero-order valence-electron chi connectivity index (χ0n) is 16.2.